The van der Waals surface area contributed by atoms with Crippen LogP contribution < -0.4 is 0 Å². The maximum Gasteiger partial charge on any atom is 0.474 e. The lowest BCUT2D eigenvalue weighted by Crippen LogP contribution is -2.50. The summed E-state index contributed by atoms with van der Waals surface area (Å²) in [5.74, 6) is 5.23. The molecule has 3 fully saturated rings. The van der Waals surface area contributed by atoms with Crippen LogP contribution in [-0.4, -0.2) is 20.3 Å². The van der Waals surface area contributed by atoms with E-state index in [1.165, 1.54) is 65.6 Å². The summed E-state index contributed by atoms with van der Waals surface area (Å²) >= 11 is 0. The van der Waals surface area contributed by atoms with E-state index in [2.05, 4.69) is 47.6 Å². The SMILES string of the molecule is COP(=O)(OC)O[C@@H](CC[C@@H](C)[C@H]1CC[C@H]2[C@@H]3CC=C4C[C@@H](C)CC[C@]4(C)[C@H]3CC[C@]12C)C(C)C. The predicted molar refractivity (Wildman–Crippen MR) is 144 cm³/mol. The Morgan fingerprint density at radius 3 is 2.37 bits per heavy atom. The van der Waals surface area contributed by atoms with Crippen molar-refractivity contribution >= 4 is 7.82 Å². The Morgan fingerprint density at radius 1 is 1.00 bits per heavy atom. The summed E-state index contributed by atoms with van der Waals surface area (Å²) in [4.78, 5) is 0. The minimum atomic E-state index is -3.46. The van der Waals surface area contributed by atoms with E-state index in [1.54, 1.807) is 0 Å². The van der Waals surface area contributed by atoms with E-state index in [9.17, 15) is 4.57 Å². The standard InChI is InChI=1S/C30H53O4P/c1-20(2)28(34-35(31,32-7)33-8)14-9-22(4)25-12-13-26-24-11-10-23-19-21(3)15-17-29(23,5)27(24)16-18-30(25,26)6/h10,20-22,24-28H,9,11-19H2,1-8H3/t21-,22+,24-,25+,26-,27-,28-,29-,30+/m0/s1. The van der Waals surface area contributed by atoms with Crippen molar-refractivity contribution in [2.45, 2.75) is 112 Å². The third-order valence-corrected chi connectivity index (χ3v) is 12.9. The minimum absolute atomic E-state index is 0.112. The fraction of sp³-hybridized carbons (Fsp3) is 0.933. The first-order valence-electron chi connectivity index (χ1n) is 14.6. The number of allylic oxidation sites excluding steroid dienone is 2. The van der Waals surface area contributed by atoms with Crippen molar-refractivity contribution < 1.29 is 18.1 Å². The molecule has 35 heavy (non-hydrogen) atoms. The second-order valence-electron chi connectivity index (χ2n) is 13.6. The molecule has 0 aromatic heterocycles. The molecule has 4 nitrogen and oxygen atoms in total. The molecule has 0 aromatic carbocycles. The molecular weight excluding hydrogens is 455 g/mol. The highest BCUT2D eigenvalue weighted by Gasteiger charge is 2.59. The summed E-state index contributed by atoms with van der Waals surface area (Å²) in [5, 5.41) is 0. The highest BCUT2D eigenvalue weighted by Crippen LogP contribution is 2.67. The summed E-state index contributed by atoms with van der Waals surface area (Å²) in [6.07, 6.45) is 15.7. The third kappa shape index (κ3) is 5.13. The lowest BCUT2D eigenvalue weighted by molar-refractivity contribution is -0.0531. The van der Waals surface area contributed by atoms with Gasteiger partial charge in [-0.2, -0.15) is 0 Å². The van der Waals surface area contributed by atoms with Gasteiger partial charge in [-0.05, 0) is 116 Å². The van der Waals surface area contributed by atoms with Gasteiger partial charge in [0.2, 0.25) is 0 Å². The first kappa shape index (κ1) is 27.9. The average molecular weight is 509 g/mol. The molecular formula is C30H53O4P. The van der Waals surface area contributed by atoms with Crippen molar-refractivity contribution in [2.24, 2.45) is 52.3 Å². The second-order valence-corrected chi connectivity index (χ2v) is 15.4. The van der Waals surface area contributed by atoms with Gasteiger partial charge in [-0.25, -0.2) is 4.57 Å². The van der Waals surface area contributed by atoms with Crippen LogP contribution in [0.2, 0.25) is 0 Å². The second kappa shape index (κ2) is 10.5. The molecule has 4 aliphatic rings. The Hall–Kier alpha value is -0.150. The van der Waals surface area contributed by atoms with Crippen LogP contribution in [0.5, 0.6) is 0 Å². The van der Waals surface area contributed by atoms with Gasteiger partial charge in [-0.3, -0.25) is 13.6 Å². The summed E-state index contributed by atoms with van der Waals surface area (Å²) in [7, 11) is -0.656. The number of fused-ring (bicyclic) bond motifs is 5. The molecule has 0 N–H and O–H groups in total. The first-order valence-corrected chi connectivity index (χ1v) is 16.0. The van der Waals surface area contributed by atoms with Gasteiger partial charge in [-0.1, -0.05) is 53.2 Å². The molecule has 0 heterocycles. The van der Waals surface area contributed by atoms with Crippen LogP contribution in [0.4, 0.5) is 0 Å². The molecule has 9 atom stereocenters. The van der Waals surface area contributed by atoms with Gasteiger partial charge in [-0.15, -0.1) is 0 Å². The highest BCUT2D eigenvalue weighted by atomic mass is 31.2. The van der Waals surface area contributed by atoms with Crippen molar-refractivity contribution in [1.82, 2.24) is 0 Å². The van der Waals surface area contributed by atoms with Crippen molar-refractivity contribution in [3.05, 3.63) is 11.6 Å². The van der Waals surface area contributed by atoms with Gasteiger partial charge in [0.1, 0.15) is 0 Å². The number of phosphoric ester groups is 1. The fourth-order valence-corrected chi connectivity index (χ4v) is 10.3. The van der Waals surface area contributed by atoms with Crippen LogP contribution >= 0.6 is 7.82 Å². The Bertz CT molecular complexity index is 815. The quantitative estimate of drug-likeness (QED) is 0.230. The zero-order valence-corrected chi connectivity index (χ0v) is 24.7. The molecule has 0 aliphatic heterocycles. The number of phosphoric acid groups is 1. The van der Waals surface area contributed by atoms with Crippen molar-refractivity contribution in [3.8, 4) is 0 Å². The molecule has 0 amide bonds. The smallest absolute Gasteiger partial charge is 0.290 e. The summed E-state index contributed by atoms with van der Waals surface area (Å²) in [6.45, 7) is 14.5. The van der Waals surface area contributed by atoms with E-state index < -0.39 is 7.82 Å². The van der Waals surface area contributed by atoms with E-state index in [-0.39, 0.29) is 12.0 Å². The maximum absolute atomic E-state index is 12.6. The first-order chi connectivity index (χ1) is 16.5. The Labute approximate surface area is 215 Å². The summed E-state index contributed by atoms with van der Waals surface area (Å²) < 4.78 is 28.6. The number of hydrogen-bond acceptors (Lipinski definition) is 4. The van der Waals surface area contributed by atoms with Gasteiger partial charge >= 0.3 is 7.82 Å². The molecule has 0 unspecified atom stereocenters. The molecule has 4 aliphatic carbocycles. The molecule has 0 radical (unpaired) electrons. The third-order valence-electron chi connectivity index (χ3n) is 11.5. The molecule has 0 spiro atoms. The van der Waals surface area contributed by atoms with Gasteiger partial charge in [0.05, 0.1) is 6.10 Å². The van der Waals surface area contributed by atoms with Crippen molar-refractivity contribution in [3.63, 3.8) is 0 Å². The van der Waals surface area contributed by atoms with Crippen LogP contribution in [0.1, 0.15) is 106 Å². The lowest BCUT2D eigenvalue weighted by atomic mass is 9.46. The zero-order chi connectivity index (χ0) is 25.6. The van der Waals surface area contributed by atoms with Gasteiger partial charge in [0.15, 0.2) is 0 Å². The van der Waals surface area contributed by atoms with E-state index in [0.717, 1.165) is 42.4 Å². The average Bonchev–Trinajstić information content (AvgIpc) is 3.19. The van der Waals surface area contributed by atoms with Crippen molar-refractivity contribution in [1.29, 1.82) is 0 Å². The zero-order valence-electron chi connectivity index (χ0n) is 23.8. The monoisotopic (exact) mass is 508 g/mol. The largest absolute Gasteiger partial charge is 0.474 e. The molecule has 4 rings (SSSR count). The molecule has 202 valence electrons. The predicted octanol–water partition coefficient (Wildman–Crippen LogP) is 9.06. The van der Waals surface area contributed by atoms with Gasteiger partial charge in [0, 0.05) is 14.2 Å². The molecule has 0 saturated heterocycles. The van der Waals surface area contributed by atoms with Crippen LogP contribution in [0.25, 0.3) is 0 Å². The summed E-state index contributed by atoms with van der Waals surface area (Å²) in [5.41, 5.74) is 2.75. The van der Waals surface area contributed by atoms with E-state index in [1.807, 2.05) is 5.57 Å². The van der Waals surface area contributed by atoms with E-state index in [4.69, 9.17) is 13.6 Å². The molecule has 3 saturated carbocycles. The molecule has 5 heteroatoms. The van der Waals surface area contributed by atoms with Crippen molar-refractivity contribution in [2.75, 3.05) is 14.2 Å². The highest BCUT2D eigenvalue weighted by molar-refractivity contribution is 7.48. The normalized spacial score (nSPS) is 41.1. The Balaban J connectivity index is 1.43. The van der Waals surface area contributed by atoms with Gasteiger partial charge in [0.25, 0.3) is 0 Å². The van der Waals surface area contributed by atoms with E-state index >= 15 is 0 Å². The van der Waals surface area contributed by atoms with Crippen LogP contribution in [0.3, 0.4) is 0 Å². The fourth-order valence-electron chi connectivity index (χ4n) is 9.28. The van der Waals surface area contributed by atoms with Crippen LogP contribution in [0.15, 0.2) is 11.6 Å². The molecule has 0 aromatic rings. The van der Waals surface area contributed by atoms with Gasteiger partial charge < -0.3 is 0 Å². The van der Waals surface area contributed by atoms with Crippen LogP contribution in [-0.2, 0) is 18.1 Å². The molecule has 0 bridgehead atoms. The topological polar surface area (TPSA) is 44.8 Å². The Morgan fingerprint density at radius 2 is 1.71 bits per heavy atom. The minimum Gasteiger partial charge on any atom is -0.290 e. The maximum atomic E-state index is 12.6. The lowest BCUT2D eigenvalue weighted by Gasteiger charge is -2.58. The Kier molecular flexibility index (Phi) is 8.40. The number of rotatable bonds is 9. The van der Waals surface area contributed by atoms with E-state index in [0.29, 0.717) is 16.7 Å². The number of hydrogen-bond donors (Lipinski definition) is 0. The van der Waals surface area contributed by atoms with Crippen LogP contribution in [0, 0.1) is 52.3 Å². The summed E-state index contributed by atoms with van der Waals surface area (Å²) in [6, 6.07) is 0.